The molecule has 94 valence electrons. The van der Waals surface area contributed by atoms with Gasteiger partial charge in [0.15, 0.2) is 5.82 Å². The third-order valence-electron chi connectivity index (χ3n) is 2.42. The molecule has 0 aliphatic carbocycles. The van der Waals surface area contributed by atoms with Crippen molar-refractivity contribution in [2.45, 2.75) is 13.5 Å². The average molecular weight is 309 g/mol. The van der Waals surface area contributed by atoms with Gasteiger partial charge in [-0.2, -0.15) is 0 Å². The number of hydrogen-bond donors (Lipinski definition) is 2. The average Bonchev–Trinajstić information content (AvgIpc) is 2.38. The smallest absolute Gasteiger partial charge is 0.255 e. The molecule has 0 saturated heterocycles. The summed E-state index contributed by atoms with van der Waals surface area (Å²) in [5.74, 6) is 0.465. The molecule has 2 N–H and O–H groups in total. The van der Waals surface area contributed by atoms with Crippen molar-refractivity contribution < 1.29 is 0 Å². The number of aromatic amines is 1. The van der Waals surface area contributed by atoms with Crippen LogP contribution in [-0.2, 0) is 6.54 Å². The fraction of sp³-hybridized carbons (Fsp3) is 0.250. The Bertz CT molecular complexity index is 597. The molecule has 0 fully saturated rings. The molecular weight excluding hydrogens is 296 g/mol. The van der Waals surface area contributed by atoms with E-state index in [0.717, 1.165) is 11.0 Å². The molecule has 0 aromatic carbocycles. The van der Waals surface area contributed by atoms with Crippen molar-refractivity contribution in [1.82, 2.24) is 20.3 Å². The maximum Gasteiger partial charge on any atom is 0.255 e. The monoisotopic (exact) mass is 308 g/mol. The summed E-state index contributed by atoms with van der Waals surface area (Å²) >= 11 is 3.38. The number of halogens is 1. The van der Waals surface area contributed by atoms with Gasteiger partial charge in [0.05, 0.1) is 0 Å². The van der Waals surface area contributed by atoms with Crippen LogP contribution in [0.15, 0.2) is 33.8 Å². The van der Waals surface area contributed by atoms with Crippen LogP contribution in [0.5, 0.6) is 0 Å². The Labute approximate surface area is 113 Å². The van der Waals surface area contributed by atoms with Gasteiger partial charge in [-0.05, 0) is 34.6 Å². The summed E-state index contributed by atoms with van der Waals surface area (Å²) in [6, 6.07) is 3.67. The molecule has 0 aliphatic rings. The van der Waals surface area contributed by atoms with Crippen LogP contribution in [-0.4, -0.2) is 21.5 Å². The lowest BCUT2D eigenvalue weighted by Crippen LogP contribution is -2.21. The molecule has 0 aliphatic heterocycles. The zero-order valence-corrected chi connectivity index (χ0v) is 11.5. The van der Waals surface area contributed by atoms with E-state index in [9.17, 15) is 4.79 Å². The minimum atomic E-state index is -0.140. The van der Waals surface area contributed by atoms with Gasteiger partial charge in [0, 0.05) is 29.0 Å². The number of rotatable bonds is 4. The fourth-order valence-electron chi connectivity index (χ4n) is 1.49. The summed E-state index contributed by atoms with van der Waals surface area (Å²) < 4.78 is 0.799. The fourth-order valence-corrected chi connectivity index (χ4v) is 1.93. The molecule has 0 bridgehead atoms. The molecule has 2 aromatic rings. The molecule has 2 rings (SSSR count). The van der Waals surface area contributed by atoms with Crippen LogP contribution in [0.4, 0.5) is 0 Å². The minimum absolute atomic E-state index is 0.140. The van der Waals surface area contributed by atoms with Crippen LogP contribution in [0.1, 0.15) is 12.5 Å². The van der Waals surface area contributed by atoms with E-state index >= 15 is 0 Å². The molecule has 0 atom stereocenters. The number of nitrogens with zero attached hydrogens (tertiary/aromatic N) is 2. The Balaban J connectivity index is 2.35. The van der Waals surface area contributed by atoms with Crippen molar-refractivity contribution in [3.63, 3.8) is 0 Å². The minimum Gasteiger partial charge on any atom is -0.313 e. The van der Waals surface area contributed by atoms with Gasteiger partial charge in [-0.15, -0.1) is 0 Å². The highest BCUT2D eigenvalue weighted by Crippen LogP contribution is 2.21. The second kappa shape index (κ2) is 5.88. The normalized spacial score (nSPS) is 10.6. The maximum atomic E-state index is 11.9. The molecule has 5 nitrogen and oxygen atoms in total. The molecule has 0 amide bonds. The number of nitrogens with one attached hydrogen (secondary N) is 2. The number of H-pyrrole nitrogens is 1. The first-order chi connectivity index (χ1) is 8.72. The largest absolute Gasteiger partial charge is 0.313 e. The Morgan fingerprint density at radius 3 is 2.94 bits per heavy atom. The summed E-state index contributed by atoms with van der Waals surface area (Å²) in [6.45, 7) is 3.32. The summed E-state index contributed by atoms with van der Waals surface area (Å²) in [7, 11) is 0. The summed E-state index contributed by atoms with van der Waals surface area (Å²) in [4.78, 5) is 23.0. The molecule has 6 heteroatoms. The van der Waals surface area contributed by atoms with Crippen molar-refractivity contribution in [3.8, 4) is 11.5 Å². The number of pyridine rings is 1. The van der Waals surface area contributed by atoms with Gasteiger partial charge in [-0.1, -0.05) is 6.92 Å². The van der Waals surface area contributed by atoms with E-state index < -0.39 is 0 Å². The third kappa shape index (κ3) is 2.83. The summed E-state index contributed by atoms with van der Waals surface area (Å²) in [5, 5.41) is 3.09. The predicted molar refractivity (Wildman–Crippen MR) is 73.2 cm³/mol. The predicted octanol–water partition coefficient (Wildman–Crippen LogP) is 1.70. The Hall–Kier alpha value is -1.53. The standard InChI is InChI=1S/C12H13BrN4O/c1-2-14-6-8-7-16-11(17-12(8)18)10-9(13)4-3-5-15-10/h3-5,7,14H,2,6H2,1H3,(H,16,17,18). The third-order valence-corrected chi connectivity index (χ3v) is 3.06. The van der Waals surface area contributed by atoms with Crippen molar-refractivity contribution in [3.05, 3.63) is 44.9 Å². The lowest BCUT2D eigenvalue weighted by atomic mass is 10.3. The lowest BCUT2D eigenvalue weighted by molar-refractivity contribution is 0.716. The van der Waals surface area contributed by atoms with Gasteiger partial charge in [0.25, 0.3) is 5.56 Å². The first-order valence-electron chi connectivity index (χ1n) is 5.62. The van der Waals surface area contributed by atoms with E-state index in [2.05, 4.69) is 36.2 Å². The Morgan fingerprint density at radius 2 is 2.28 bits per heavy atom. The van der Waals surface area contributed by atoms with Gasteiger partial charge in [0.1, 0.15) is 5.69 Å². The highest BCUT2D eigenvalue weighted by atomic mass is 79.9. The van der Waals surface area contributed by atoms with E-state index in [1.54, 1.807) is 12.4 Å². The zero-order chi connectivity index (χ0) is 13.0. The van der Waals surface area contributed by atoms with E-state index in [-0.39, 0.29) is 5.56 Å². The van der Waals surface area contributed by atoms with E-state index in [4.69, 9.17) is 0 Å². The molecular formula is C12H13BrN4O. The van der Waals surface area contributed by atoms with Gasteiger partial charge < -0.3 is 10.3 Å². The highest BCUT2D eigenvalue weighted by molar-refractivity contribution is 9.10. The first-order valence-corrected chi connectivity index (χ1v) is 6.41. The van der Waals surface area contributed by atoms with Crippen LogP contribution in [0.2, 0.25) is 0 Å². The van der Waals surface area contributed by atoms with Crippen LogP contribution in [0.3, 0.4) is 0 Å². The zero-order valence-electron chi connectivity index (χ0n) is 9.90. The second-order valence-corrected chi connectivity index (χ2v) is 4.55. The molecule has 0 saturated carbocycles. The maximum absolute atomic E-state index is 11.9. The number of aromatic nitrogens is 3. The van der Waals surface area contributed by atoms with E-state index in [0.29, 0.717) is 23.6 Å². The highest BCUT2D eigenvalue weighted by Gasteiger charge is 2.08. The van der Waals surface area contributed by atoms with Crippen LogP contribution in [0, 0.1) is 0 Å². The van der Waals surface area contributed by atoms with Gasteiger partial charge in [-0.3, -0.25) is 9.78 Å². The van der Waals surface area contributed by atoms with Gasteiger partial charge in [0.2, 0.25) is 0 Å². The SMILES string of the molecule is CCNCc1cnc(-c2ncccc2Br)[nH]c1=O. The first kappa shape index (κ1) is 12.9. The molecule has 0 spiro atoms. The molecule has 2 aromatic heterocycles. The van der Waals surface area contributed by atoms with Crippen molar-refractivity contribution in [2.24, 2.45) is 0 Å². The summed E-state index contributed by atoms with van der Waals surface area (Å²) in [6.07, 6.45) is 3.24. The van der Waals surface area contributed by atoms with Crippen LogP contribution < -0.4 is 10.9 Å². The molecule has 0 radical (unpaired) electrons. The lowest BCUT2D eigenvalue weighted by Gasteiger charge is -2.04. The summed E-state index contributed by atoms with van der Waals surface area (Å²) in [5.41, 5.74) is 1.11. The van der Waals surface area contributed by atoms with Gasteiger partial charge in [-0.25, -0.2) is 4.98 Å². The van der Waals surface area contributed by atoms with Crippen molar-refractivity contribution in [2.75, 3.05) is 6.54 Å². The van der Waals surface area contributed by atoms with Gasteiger partial charge >= 0.3 is 0 Å². The van der Waals surface area contributed by atoms with Crippen molar-refractivity contribution >= 4 is 15.9 Å². The van der Waals surface area contributed by atoms with Crippen LogP contribution >= 0.6 is 15.9 Å². The van der Waals surface area contributed by atoms with Crippen LogP contribution in [0.25, 0.3) is 11.5 Å². The Morgan fingerprint density at radius 1 is 1.44 bits per heavy atom. The Kier molecular flexibility index (Phi) is 4.22. The molecule has 0 unspecified atom stereocenters. The quantitative estimate of drug-likeness (QED) is 0.902. The molecule has 2 heterocycles. The number of hydrogen-bond acceptors (Lipinski definition) is 4. The van der Waals surface area contributed by atoms with E-state index in [1.165, 1.54) is 0 Å². The molecule has 18 heavy (non-hydrogen) atoms. The topological polar surface area (TPSA) is 70.7 Å². The second-order valence-electron chi connectivity index (χ2n) is 3.70. The van der Waals surface area contributed by atoms with Crippen molar-refractivity contribution in [1.29, 1.82) is 0 Å². The van der Waals surface area contributed by atoms with E-state index in [1.807, 2.05) is 19.1 Å².